The maximum Gasteiger partial charge on any atom is 0.220 e. The Labute approximate surface area is 113 Å². The van der Waals surface area contributed by atoms with Gasteiger partial charge < -0.3 is 10.6 Å². The van der Waals surface area contributed by atoms with Gasteiger partial charge in [0, 0.05) is 36.7 Å². The molecule has 2 rings (SSSR count). The molecule has 4 heteroatoms. The second-order valence-corrected chi connectivity index (χ2v) is 5.74. The first kappa shape index (κ1) is 13.4. The van der Waals surface area contributed by atoms with Gasteiger partial charge in [-0.05, 0) is 30.5 Å². The summed E-state index contributed by atoms with van der Waals surface area (Å²) in [5.74, 6) is 0.938. The predicted octanol–water partition coefficient (Wildman–Crippen LogP) is 2.17. The van der Waals surface area contributed by atoms with E-state index in [9.17, 15) is 4.79 Å². The number of hydrogen-bond acceptors (Lipinski definition) is 3. The third-order valence-corrected chi connectivity index (χ3v) is 3.94. The maximum atomic E-state index is 11.1. The molecule has 0 saturated heterocycles. The molecule has 1 fully saturated rings. The number of carbonyl (C=O) groups is 1. The zero-order valence-electron chi connectivity index (χ0n) is 10.7. The molecule has 1 aromatic rings. The summed E-state index contributed by atoms with van der Waals surface area (Å²) in [5, 5.41) is 6.15. The first-order chi connectivity index (χ1) is 8.78. The van der Waals surface area contributed by atoms with Gasteiger partial charge in [-0.3, -0.25) is 4.79 Å². The van der Waals surface area contributed by atoms with Gasteiger partial charge in [0.15, 0.2) is 0 Å². The molecule has 1 aliphatic rings. The van der Waals surface area contributed by atoms with E-state index >= 15 is 0 Å². The molecule has 0 heterocycles. The van der Waals surface area contributed by atoms with Crippen molar-refractivity contribution in [2.24, 2.45) is 0 Å². The van der Waals surface area contributed by atoms with E-state index in [0.29, 0.717) is 6.42 Å². The zero-order chi connectivity index (χ0) is 12.8. The van der Waals surface area contributed by atoms with Crippen molar-refractivity contribution in [3.05, 3.63) is 29.8 Å². The zero-order valence-corrected chi connectivity index (χ0v) is 11.6. The molecule has 0 atom stereocenters. The maximum absolute atomic E-state index is 11.1. The lowest BCUT2D eigenvalue weighted by molar-refractivity contribution is -0.120. The molecule has 0 bridgehead atoms. The van der Waals surface area contributed by atoms with E-state index in [1.807, 2.05) is 0 Å². The number of hydrogen-bond donors (Lipinski definition) is 2. The fraction of sp³-hybridized carbons (Fsp3) is 0.500. The van der Waals surface area contributed by atoms with Crippen LogP contribution in [-0.4, -0.2) is 24.7 Å². The van der Waals surface area contributed by atoms with Gasteiger partial charge in [-0.2, -0.15) is 0 Å². The van der Waals surface area contributed by atoms with Crippen LogP contribution >= 0.6 is 11.8 Å². The standard InChI is InChI=1S/C14H20N2OS/c1-15-14(17)7-8-18-13-4-2-3-11(9-13)10-16-12-5-6-12/h2-4,9,12,16H,5-8,10H2,1H3,(H,15,17). The van der Waals surface area contributed by atoms with Crippen molar-refractivity contribution < 1.29 is 4.79 Å². The van der Waals surface area contributed by atoms with Gasteiger partial charge >= 0.3 is 0 Å². The lowest BCUT2D eigenvalue weighted by Gasteiger charge is -2.06. The first-order valence-corrected chi connectivity index (χ1v) is 7.42. The van der Waals surface area contributed by atoms with Crippen molar-refractivity contribution >= 4 is 17.7 Å². The highest BCUT2D eigenvalue weighted by atomic mass is 32.2. The summed E-state index contributed by atoms with van der Waals surface area (Å²) < 4.78 is 0. The molecule has 0 aromatic heterocycles. The number of amides is 1. The van der Waals surface area contributed by atoms with E-state index in [1.54, 1.807) is 18.8 Å². The molecule has 0 spiro atoms. The monoisotopic (exact) mass is 264 g/mol. The van der Waals surface area contributed by atoms with E-state index in [-0.39, 0.29) is 5.91 Å². The van der Waals surface area contributed by atoms with Gasteiger partial charge in [-0.1, -0.05) is 12.1 Å². The van der Waals surface area contributed by atoms with E-state index in [4.69, 9.17) is 0 Å². The Morgan fingerprint density at radius 3 is 3.00 bits per heavy atom. The number of rotatable bonds is 7. The summed E-state index contributed by atoms with van der Waals surface area (Å²) in [6.07, 6.45) is 3.22. The van der Waals surface area contributed by atoms with E-state index in [0.717, 1.165) is 18.3 Å². The number of thioether (sulfide) groups is 1. The molecular formula is C14H20N2OS. The van der Waals surface area contributed by atoms with Crippen LogP contribution in [0.15, 0.2) is 29.2 Å². The van der Waals surface area contributed by atoms with Crippen molar-refractivity contribution in [1.82, 2.24) is 10.6 Å². The first-order valence-electron chi connectivity index (χ1n) is 6.43. The van der Waals surface area contributed by atoms with Crippen LogP contribution < -0.4 is 10.6 Å². The average molecular weight is 264 g/mol. The molecule has 1 amide bonds. The second kappa shape index (κ2) is 6.81. The van der Waals surface area contributed by atoms with Crippen molar-refractivity contribution in [3.63, 3.8) is 0 Å². The quantitative estimate of drug-likeness (QED) is 0.742. The van der Waals surface area contributed by atoms with E-state index in [2.05, 4.69) is 34.9 Å². The third-order valence-electron chi connectivity index (χ3n) is 2.95. The summed E-state index contributed by atoms with van der Waals surface area (Å²) in [5.41, 5.74) is 1.33. The van der Waals surface area contributed by atoms with Crippen molar-refractivity contribution in [3.8, 4) is 0 Å². The van der Waals surface area contributed by atoms with Crippen LogP contribution in [-0.2, 0) is 11.3 Å². The van der Waals surface area contributed by atoms with Crippen molar-refractivity contribution in [2.75, 3.05) is 12.8 Å². The summed E-state index contributed by atoms with van der Waals surface area (Å²) in [7, 11) is 1.68. The van der Waals surface area contributed by atoms with Gasteiger partial charge in [0.05, 0.1) is 0 Å². The Kier molecular flexibility index (Phi) is 5.08. The van der Waals surface area contributed by atoms with Crippen LogP contribution in [0.3, 0.4) is 0 Å². The molecule has 2 N–H and O–H groups in total. The summed E-state index contributed by atoms with van der Waals surface area (Å²) >= 11 is 1.74. The fourth-order valence-corrected chi connectivity index (χ4v) is 2.61. The highest BCUT2D eigenvalue weighted by Gasteiger charge is 2.19. The summed E-state index contributed by atoms with van der Waals surface area (Å²) in [4.78, 5) is 12.4. The normalized spacial score (nSPS) is 14.5. The van der Waals surface area contributed by atoms with Crippen LogP contribution in [0.1, 0.15) is 24.8 Å². The average Bonchev–Trinajstić information content (AvgIpc) is 3.21. The predicted molar refractivity (Wildman–Crippen MR) is 75.7 cm³/mol. The molecule has 0 unspecified atom stereocenters. The summed E-state index contributed by atoms with van der Waals surface area (Å²) in [6.45, 7) is 0.953. The highest BCUT2D eigenvalue weighted by Crippen LogP contribution is 2.22. The van der Waals surface area contributed by atoms with Crippen molar-refractivity contribution in [2.45, 2.75) is 36.7 Å². The van der Waals surface area contributed by atoms with Crippen LogP contribution in [0.4, 0.5) is 0 Å². The van der Waals surface area contributed by atoms with Crippen LogP contribution in [0.25, 0.3) is 0 Å². The van der Waals surface area contributed by atoms with Crippen LogP contribution in [0.5, 0.6) is 0 Å². The molecule has 0 radical (unpaired) electrons. The Morgan fingerprint density at radius 1 is 1.44 bits per heavy atom. The van der Waals surface area contributed by atoms with Gasteiger partial charge in [0.2, 0.25) is 5.91 Å². The van der Waals surface area contributed by atoms with Gasteiger partial charge in [-0.25, -0.2) is 0 Å². The van der Waals surface area contributed by atoms with E-state index < -0.39 is 0 Å². The number of carbonyl (C=O) groups excluding carboxylic acids is 1. The number of benzene rings is 1. The second-order valence-electron chi connectivity index (χ2n) is 4.57. The SMILES string of the molecule is CNC(=O)CCSc1cccc(CNC2CC2)c1. The molecular weight excluding hydrogens is 244 g/mol. The number of nitrogens with one attached hydrogen (secondary N) is 2. The lowest BCUT2D eigenvalue weighted by atomic mass is 10.2. The third kappa shape index (κ3) is 4.70. The van der Waals surface area contributed by atoms with Crippen LogP contribution in [0.2, 0.25) is 0 Å². The fourth-order valence-electron chi connectivity index (χ4n) is 1.68. The molecule has 1 saturated carbocycles. The molecule has 18 heavy (non-hydrogen) atoms. The Hall–Kier alpha value is -1.00. The topological polar surface area (TPSA) is 41.1 Å². The molecule has 1 aliphatic carbocycles. The molecule has 1 aromatic carbocycles. The summed E-state index contributed by atoms with van der Waals surface area (Å²) in [6, 6.07) is 9.30. The van der Waals surface area contributed by atoms with Gasteiger partial charge in [0.25, 0.3) is 0 Å². The minimum absolute atomic E-state index is 0.106. The minimum Gasteiger partial charge on any atom is -0.359 e. The lowest BCUT2D eigenvalue weighted by Crippen LogP contribution is -2.17. The Morgan fingerprint density at radius 2 is 2.28 bits per heavy atom. The van der Waals surface area contributed by atoms with Crippen molar-refractivity contribution in [1.29, 1.82) is 0 Å². The van der Waals surface area contributed by atoms with Crippen LogP contribution in [0, 0.1) is 0 Å². The van der Waals surface area contributed by atoms with Gasteiger partial charge in [0.1, 0.15) is 0 Å². The molecule has 98 valence electrons. The largest absolute Gasteiger partial charge is 0.359 e. The minimum atomic E-state index is 0.106. The Balaban J connectivity index is 1.76. The Bertz CT molecular complexity index is 405. The molecule has 0 aliphatic heterocycles. The van der Waals surface area contributed by atoms with E-state index in [1.165, 1.54) is 23.3 Å². The smallest absolute Gasteiger partial charge is 0.220 e. The van der Waals surface area contributed by atoms with Gasteiger partial charge in [-0.15, -0.1) is 11.8 Å². The highest BCUT2D eigenvalue weighted by molar-refractivity contribution is 7.99. The molecule has 3 nitrogen and oxygen atoms in total.